The minimum absolute atomic E-state index is 0.119. The van der Waals surface area contributed by atoms with Crippen LogP contribution in [0.15, 0.2) is 22.7 Å². The van der Waals surface area contributed by atoms with Gasteiger partial charge in [-0.05, 0) is 37.8 Å². The van der Waals surface area contributed by atoms with Gasteiger partial charge in [0.1, 0.15) is 0 Å². The van der Waals surface area contributed by atoms with Crippen LogP contribution >= 0.6 is 23.1 Å². The smallest absolute Gasteiger partial charge is 0.211 e. The molecule has 1 aliphatic heterocycles. The molecule has 7 nitrogen and oxygen atoms in total. The Kier molecular flexibility index (Phi) is 6.50. The number of nitrogens with zero attached hydrogens (tertiary/aromatic N) is 3. The highest BCUT2D eigenvalue weighted by atomic mass is 32.2. The Morgan fingerprint density at radius 2 is 2.36 bits per heavy atom. The quantitative estimate of drug-likeness (QED) is 0.511. The van der Waals surface area contributed by atoms with Crippen molar-refractivity contribution in [2.45, 2.75) is 37.1 Å². The molecule has 0 spiro atoms. The third-order valence-corrected chi connectivity index (χ3v) is 7.34. The molecule has 3 rings (SSSR count). The molecule has 1 saturated heterocycles. The van der Waals surface area contributed by atoms with Gasteiger partial charge in [-0.25, -0.2) is 13.1 Å². The van der Waals surface area contributed by atoms with Gasteiger partial charge >= 0.3 is 0 Å². The SMILES string of the molecule is CNS(=O)(=O)CCCSc1nnc(-c2cccs2)n1CC1CCCO1. The normalized spacial score (nSPS) is 18.0. The van der Waals surface area contributed by atoms with Crippen LogP contribution in [0, 0.1) is 0 Å². The molecular formula is C15H22N4O3S3. The minimum Gasteiger partial charge on any atom is -0.376 e. The van der Waals surface area contributed by atoms with Gasteiger partial charge in [-0.2, -0.15) is 0 Å². The van der Waals surface area contributed by atoms with Crippen LogP contribution in [-0.2, 0) is 21.3 Å². The van der Waals surface area contributed by atoms with Gasteiger partial charge in [-0.15, -0.1) is 21.5 Å². The Bertz CT molecular complexity index is 768. The van der Waals surface area contributed by atoms with Crippen molar-refractivity contribution in [1.29, 1.82) is 0 Å². The first kappa shape index (κ1) is 18.8. The minimum atomic E-state index is -3.16. The predicted molar refractivity (Wildman–Crippen MR) is 100 cm³/mol. The molecule has 1 fully saturated rings. The molecule has 0 bridgehead atoms. The molecule has 0 amide bonds. The molecule has 1 unspecified atom stereocenters. The van der Waals surface area contributed by atoms with Crippen LogP contribution in [0.4, 0.5) is 0 Å². The fourth-order valence-electron chi connectivity index (χ4n) is 2.65. The highest BCUT2D eigenvalue weighted by molar-refractivity contribution is 7.99. The molecule has 3 heterocycles. The van der Waals surface area contributed by atoms with Gasteiger partial charge in [-0.3, -0.25) is 4.57 Å². The molecule has 1 atom stereocenters. The maximum Gasteiger partial charge on any atom is 0.211 e. The molecule has 10 heteroatoms. The van der Waals surface area contributed by atoms with Crippen molar-refractivity contribution in [1.82, 2.24) is 19.5 Å². The second kappa shape index (κ2) is 8.63. The lowest BCUT2D eigenvalue weighted by atomic mass is 10.2. The molecule has 0 radical (unpaired) electrons. The van der Waals surface area contributed by atoms with Crippen molar-refractivity contribution in [3.63, 3.8) is 0 Å². The van der Waals surface area contributed by atoms with Crippen LogP contribution in [0.25, 0.3) is 10.7 Å². The first-order valence-electron chi connectivity index (χ1n) is 8.22. The summed E-state index contributed by atoms with van der Waals surface area (Å²) < 4.78 is 33.2. The van der Waals surface area contributed by atoms with Crippen molar-refractivity contribution in [3.8, 4) is 10.7 Å². The lowest BCUT2D eigenvalue weighted by Crippen LogP contribution is -2.22. The van der Waals surface area contributed by atoms with Crippen molar-refractivity contribution in [2.75, 3.05) is 25.2 Å². The Labute approximate surface area is 156 Å². The van der Waals surface area contributed by atoms with Crippen LogP contribution in [0.1, 0.15) is 19.3 Å². The standard InChI is InChI=1S/C15H22N4O3S3/c1-16-25(20,21)10-4-9-24-15-18-17-14(13-6-3-8-23-13)19(15)11-12-5-2-7-22-12/h3,6,8,12,16H,2,4-5,7,9-11H2,1H3. The van der Waals surface area contributed by atoms with Crippen molar-refractivity contribution in [2.24, 2.45) is 0 Å². The van der Waals surface area contributed by atoms with E-state index in [2.05, 4.69) is 19.5 Å². The number of aromatic nitrogens is 3. The number of hydrogen-bond donors (Lipinski definition) is 1. The highest BCUT2D eigenvalue weighted by Crippen LogP contribution is 2.29. The lowest BCUT2D eigenvalue weighted by Gasteiger charge is -2.14. The average molecular weight is 403 g/mol. The second-order valence-corrected chi connectivity index (χ2v) is 9.81. The van der Waals surface area contributed by atoms with Gasteiger partial charge in [-0.1, -0.05) is 17.8 Å². The molecule has 2 aromatic rings. The Hall–Kier alpha value is -0.940. The number of sulfonamides is 1. The monoisotopic (exact) mass is 402 g/mol. The summed E-state index contributed by atoms with van der Waals surface area (Å²) in [7, 11) is -1.72. The van der Waals surface area contributed by atoms with Gasteiger partial charge in [0, 0.05) is 12.4 Å². The molecule has 2 aromatic heterocycles. The maximum absolute atomic E-state index is 11.5. The summed E-state index contributed by atoms with van der Waals surface area (Å²) in [5.74, 6) is 1.65. The first-order valence-corrected chi connectivity index (χ1v) is 11.7. The van der Waals surface area contributed by atoms with E-state index in [1.165, 1.54) is 7.05 Å². The second-order valence-electron chi connectivity index (χ2n) is 5.75. The van der Waals surface area contributed by atoms with Crippen LogP contribution in [0.5, 0.6) is 0 Å². The van der Waals surface area contributed by atoms with Crippen LogP contribution in [-0.4, -0.2) is 54.4 Å². The summed E-state index contributed by atoms with van der Waals surface area (Å²) in [5, 5.41) is 11.5. The van der Waals surface area contributed by atoms with E-state index >= 15 is 0 Å². The number of hydrogen-bond acceptors (Lipinski definition) is 7. The van der Waals surface area contributed by atoms with Crippen molar-refractivity contribution < 1.29 is 13.2 Å². The topological polar surface area (TPSA) is 86.1 Å². The molecule has 0 aromatic carbocycles. The van der Waals surface area contributed by atoms with E-state index in [-0.39, 0.29) is 11.9 Å². The summed E-state index contributed by atoms with van der Waals surface area (Å²) in [6.45, 7) is 1.54. The number of thiophene rings is 1. The summed E-state index contributed by atoms with van der Waals surface area (Å²) in [5.41, 5.74) is 0. The summed E-state index contributed by atoms with van der Waals surface area (Å²) in [4.78, 5) is 1.08. The lowest BCUT2D eigenvalue weighted by molar-refractivity contribution is 0.0953. The molecule has 0 saturated carbocycles. The van der Waals surface area contributed by atoms with Crippen LogP contribution < -0.4 is 4.72 Å². The Balaban J connectivity index is 1.69. The average Bonchev–Trinajstić information content (AvgIpc) is 3.34. The fourth-order valence-corrected chi connectivity index (χ4v) is 5.17. The number of ether oxygens (including phenoxy) is 1. The van der Waals surface area contributed by atoms with E-state index in [1.54, 1.807) is 23.1 Å². The zero-order chi connectivity index (χ0) is 17.7. The van der Waals surface area contributed by atoms with Crippen LogP contribution in [0.3, 0.4) is 0 Å². The van der Waals surface area contributed by atoms with Gasteiger partial charge in [0.2, 0.25) is 10.0 Å². The summed E-state index contributed by atoms with van der Waals surface area (Å²) in [6.07, 6.45) is 2.89. The van der Waals surface area contributed by atoms with E-state index in [0.717, 1.165) is 41.9 Å². The fraction of sp³-hybridized carbons (Fsp3) is 0.600. The summed E-state index contributed by atoms with van der Waals surface area (Å²) in [6, 6.07) is 4.04. The summed E-state index contributed by atoms with van der Waals surface area (Å²) >= 11 is 3.18. The third kappa shape index (κ3) is 5.04. The molecular weight excluding hydrogens is 380 g/mol. The predicted octanol–water partition coefficient (Wildman–Crippen LogP) is 2.22. The zero-order valence-corrected chi connectivity index (χ0v) is 16.5. The number of thioether (sulfide) groups is 1. The zero-order valence-electron chi connectivity index (χ0n) is 14.1. The third-order valence-electron chi connectivity index (χ3n) is 3.97. The number of nitrogens with one attached hydrogen (secondary N) is 1. The van der Waals surface area contributed by atoms with Gasteiger partial charge in [0.15, 0.2) is 11.0 Å². The highest BCUT2D eigenvalue weighted by Gasteiger charge is 2.22. The molecule has 0 aliphatic carbocycles. The van der Waals surface area contributed by atoms with E-state index < -0.39 is 10.0 Å². The van der Waals surface area contributed by atoms with E-state index in [9.17, 15) is 8.42 Å². The largest absolute Gasteiger partial charge is 0.376 e. The van der Waals surface area contributed by atoms with E-state index in [1.807, 2.05) is 17.5 Å². The molecule has 1 N–H and O–H groups in total. The Morgan fingerprint density at radius 1 is 1.48 bits per heavy atom. The maximum atomic E-state index is 11.5. The van der Waals surface area contributed by atoms with Crippen molar-refractivity contribution >= 4 is 33.1 Å². The Morgan fingerprint density at radius 3 is 3.04 bits per heavy atom. The molecule has 138 valence electrons. The van der Waals surface area contributed by atoms with Crippen molar-refractivity contribution in [3.05, 3.63) is 17.5 Å². The molecule has 25 heavy (non-hydrogen) atoms. The first-order chi connectivity index (χ1) is 12.1. The van der Waals surface area contributed by atoms with E-state index in [0.29, 0.717) is 12.2 Å². The molecule has 1 aliphatic rings. The van der Waals surface area contributed by atoms with Gasteiger partial charge in [0.05, 0.1) is 23.3 Å². The van der Waals surface area contributed by atoms with Gasteiger partial charge < -0.3 is 4.74 Å². The van der Waals surface area contributed by atoms with Gasteiger partial charge in [0.25, 0.3) is 0 Å². The number of rotatable bonds is 9. The van der Waals surface area contributed by atoms with Crippen LogP contribution in [0.2, 0.25) is 0 Å². The van der Waals surface area contributed by atoms with E-state index in [4.69, 9.17) is 4.74 Å².